The van der Waals surface area contributed by atoms with Gasteiger partial charge >= 0.3 is 0 Å². The maximum Gasteiger partial charge on any atom is 0.170 e. The van der Waals surface area contributed by atoms with E-state index in [4.69, 9.17) is 35.4 Å². The Labute approximate surface area is 139 Å². The Kier molecular flexibility index (Phi) is 4.34. The molecule has 0 bridgehead atoms. The van der Waals surface area contributed by atoms with Crippen LogP contribution in [0.5, 0.6) is 0 Å². The van der Waals surface area contributed by atoms with E-state index < -0.39 is 0 Å². The lowest BCUT2D eigenvalue weighted by atomic mass is 10.1. The van der Waals surface area contributed by atoms with Crippen molar-refractivity contribution >= 4 is 46.2 Å². The number of thiocarbonyl (C=S) groups is 1. The summed E-state index contributed by atoms with van der Waals surface area (Å²) in [5, 5.41) is 8.25. The van der Waals surface area contributed by atoms with Crippen LogP contribution < -0.4 is 10.6 Å². The highest BCUT2D eigenvalue weighted by Gasteiger charge is 2.21. The summed E-state index contributed by atoms with van der Waals surface area (Å²) >= 11 is 17.3. The molecule has 108 valence electrons. The van der Waals surface area contributed by atoms with Gasteiger partial charge < -0.3 is 10.6 Å². The summed E-state index contributed by atoms with van der Waals surface area (Å²) in [6, 6.07) is 14.2. The second-order valence-corrected chi connectivity index (χ2v) is 6.31. The van der Waals surface area contributed by atoms with Crippen LogP contribution in [0.1, 0.15) is 12.8 Å². The van der Waals surface area contributed by atoms with E-state index in [0.29, 0.717) is 21.2 Å². The molecule has 0 heterocycles. The van der Waals surface area contributed by atoms with Gasteiger partial charge in [-0.25, -0.2) is 0 Å². The van der Waals surface area contributed by atoms with Crippen LogP contribution in [0, 0.1) is 0 Å². The SMILES string of the molecule is S=C(Nc1cccc(-c2ccc(Cl)c(Cl)c2)c1)NC1CC1. The van der Waals surface area contributed by atoms with Crippen LogP contribution in [0.15, 0.2) is 42.5 Å². The molecule has 0 aromatic heterocycles. The highest BCUT2D eigenvalue weighted by molar-refractivity contribution is 7.80. The Morgan fingerprint density at radius 2 is 1.76 bits per heavy atom. The van der Waals surface area contributed by atoms with Gasteiger partial charge in [-0.2, -0.15) is 0 Å². The van der Waals surface area contributed by atoms with Crippen LogP contribution in [-0.2, 0) is 0 Å². The van der Waals surface area contributed by atoms with Gasteiger partial charge in [0.1, 0.15) is 0 Å². The highest BCUT2D eigenvalue weighted by atomic mass is 35.5. The topological polar surface area (TPSA) is 24.1 Å². The fraction of sp³-hybridized carbons (Fsp3) is 0.188. The van der Waals surface area contributed by atoms with Crippen molar-refractivity contribution in [1.29, 1.82) is 0 Å². The summed E-state index contributed by atoms with van der Waals surface area (Å²) in [6.07, 6.45) is 2.40. The van der Waals surface area contributed by atoms with Crippen molar-refractivity contribution in [2.75, 3.05) is 5.32 Å². The fourth-order valence-electron chi connectivity index (χ4n) is 2.03. The Morgan fingerprint density at radius 1 is 1.00 bits per heavy atom. The molecule has 5 heteroatoms. The third-order valence-corrected chi connectivity index (χ3v) is 4.24. The first-order chi connectivity index (χ1) is 10.1. The van der Waals surface area contributed by atoms with E-state index in [1.807, 2.05) is 36.4 Å². The maximum atomic E-state index is 6.07. The largest absolute Gasteiger partial charge is 0.360 e. The first-order valence-electron chi connectivity index (χ1n) is 6.75. The minimum Gasteiger partial charge on any atom is -0.360 e. The molecule has 1 aliphatic rings. The van der Waals surface area contributed by atoms with E-state index in [0.717, 1.165) is 16.8 Å². The number of benzene rings is 2. The molecule has 2 N–H and O–H groups in total. The third kappa shape index (κ3) is 3.88. The molecule has 0 radical (unpaired) electrons. The van der Waals surface area contributed by atoms with E-state index in [-0.39, 0.29) is 0 Å². The Morgan fingerprint density at radius 3 is 2.48 bits per heavy atom. The first-order valence-corrected chi connectivity index (χ1v) is 7.91. The average molecular weight is 337 g/mol. The van der Waals surface area contributed by atoms with Gasteiger partial charge in [-0.15, -0.1) is 0 Å². The predicted octanol–water partition coefficient (Wildman–Crippen LogP) is 5.11. The van der Waals surface area contributed by atoms with Gasteiger partial charge in [0.15, 0.2) is 5.11 Å². The first kappa shape index (κ1) is 14.6. The van der Waals surface area contributed by atoms with Gasteiger partial charge in [-0.3, -0.25) is 0 Å². The van der Waals surface area contributed by atoms with Crippen molar-refractivity contribution in [2.24, 2.45) is 0 Å². The molecular weight excluding hydrogens is 323 g/mol. The number of hydrogen-bond donors (Lipinski definition) is 2. The lowest BCUT2D eigenvalue weighted by Gasteiger charge is -2.11. The molecule has 0 spiro atoms. The Bertz CT molecular complexity index is 684. The molecular formula is C16H14Cl2N2S. The number of hydrogen-bond acceptors (Lipinski definition) is 1. The zero-order valence-electron chi connectivity index (χ0n) is 11.2. The summed E-state index contributed by atoms with van der Waals surface area (Å²) in [5.74, 6) is 0. The lowest BCUT2D eigenvalue weighted by molar-refractivity contribution is 0.919. The van der Waals surface area contributed by atoms with Gasteiger partial charge in [0.25, 0.3) is 0 Å². The van der Waals surface area contributed by atoms with Crippen molar-refractivity contribution in [2.45, 2.75) is 18.9 Å². The number of halogens is 2. The third-order valence-electron chi connectivity index (χ3n) is 3.29. The predicted molar refractivity (Wildman–Crippen MR) is 94.3 cm³/mol. The van der Waals surface area contributed by atoms with E-state index in [1.54, 1.807) is 6.07 Å². The molecule has 0 amide bonds. The second-order valence-electron chi connectivity index (χ2n) is 5.08. The van der Waals surface area contributed by atoms with Crippen LogP contribution >= 0.6 is 35.4 Å². The van der Waals surface area contributed by atoms with Crippen molar-refractivity contribution in [3.05, 3.63) is 52.5 Å². The molecule has 1 aliphatic carbocycles. The standard InChI is InChI=1S/C16H14Cl2N2S/c17-14-7-4-11(9-15(14)18)10-2-1-3-13(8-10)20-16(21)19-12-5-6-12/h1-4,7-9,12H,5-6H2,(H2,19,20,21). The zero-order chi connectivity index (χ0) is 14.8. The quantitative estimate of drug-likeness (QED) is 0.761. The Hall–Kier alpha value is -1.29. The molecule has 2 aromatic rings. The van der Waals surface area contributed by atoms with Crippen molar-refractivity contribution in [3.8, 4) is 11.1 Å². The summed E-state index contributed by atoms with van der Waals surface area (Å²) in [5.41, 5.74) is 3.04. The Balaban J connectivity index is 1.78. The normalized spacial score (nSPS) is 13.8. The minimum atomic E-state index is 0.545. The van der Waals surface area contributed by atoms with Crippen molar-refractivity contribution < 1.29 is 0 Å². The van der Waals surface area contributed by atoms with Gasteiger partial charge in [-0.1, -0.05) is 41.4 Å². The van der Waals surface area contributed by atoms with Crippen LogP contribution in [-0.4, -0.2) is 11.2 Å². The van der Waals surface area contributed by atoms with E-state index in [1.165, 1.54) is 12.8 Å². The molecule has 3 rings (SSSR count). The molecule has 1 saturated carbocycles. The molecule has 2 nitrogen and oxygen atoms in total. The van der Waals surface area contributed by atoms with E-state index in [2.05, 4.69) is 10.6 Å². The minimum absolute atomic E-state index is 0.545. The number of rotatable bonds is 3. The molecule has 0 atom stereocenters. The lowest BCUT2D eigenvalue weighted by Crippen LogP contribution is -2.30. The molecule has 1 fully saturated rings. The van der Waals surface area contributed by atoms with E-state index in [9.17, 15) is 0 Å². The van der Waals surface area contributed by atoms with Gasteiger partial charge in [0, 0.05) is 11.7 Å². The monoisotopic (exact) mass is 336 g/mol. The second kappa shape index (κ2) is 6.22. The van der Waals surface area contributed by atoms with Crippen LogP contribution in [0.3, 0.4) is 0 Å². The summed E-state index contributed by atoms with van der Waals surface area (Å²) in [4.78, 5) is 0. The van der Waals surface area contributed by atoms with Gasteiger partial charge in [0.05, 0.1) is 10.0 Å². The fourth-order valence-corrected chi connectivity index (χ4v) is 2.62. The van der Waals surface area contributed by atoms with E-state index >= 15 is 0 Å². The van der Waals surface area contributed by atoms with Crippen LogP contribution in [0.4, 0.5) is 5.69 Å². The molecule has 21 heavy (non-hydrogen) atoms. The number of nitrogens with one attached hydrogen (secondary N) is 2. The van der Waals surface area contributed by atoms with Crippen LogP contribution in [0.2, 0.25) is 10.0 Å². The summed E-state index contributed by atoms with van der Waals surface area (Å²) < 4.78 is 0. The number of anilines is 1. The zero-order valence-corrected chi connectivity index (χ0v) is 13.5. The smallest absolute Gasteiger partial charge is 0.170 e. The average Bonchev–Trinajstić information content (AvgIpc) is 3.26. The summed E-state index contributed by atoms with van der Waals surface area (Å²) in [7, 11) is 0. The molecule has 0 unspecified atom stereocenters. The molecule has 0 aliphatic heterocycles. The van der Waals surface area contributed by atoms with Crippen molar-refractivity contribution in [3.63, 3.8) is 0 Å². The van der Waals surface area contributed by atoms with Crippen molar-refractivity contribution in [1.82, 2.24) is 5.32 Å². The van der Waals surface area contributed by atoms with Gasteiger partial charge in [0.2, 0.25) is 0 Å². The maximum absolute atomic E-state index is 6.07. The van der Waals surface area contributed by atoms with Crippen LogP contribution in [0.25, 0.3) is 11.1 Å². The summed E-state index contributed by atoms with van der Waals surface area (Å²) in [6.45, 7) is 0. The van der Waals surface area contributed by atoms with Gasteiger partial charge in [-0.05, 0) is 60.5 Å². The highest BCUT2D eigenvalue weighted by Crippen LogP contribution is 2.29. The molecule has 2 aromatic carbocycles. The molecule has 0 saturated heterocycles.